The van der Waals surface area contributed by atoms with Gasteiger partial charge in [-0.15, -0.1) is 0 Å². The monoisotopic (exact) mass is 618 g/mol. The van der Waals surface area contributed by atoms with Crippen LogP contribution in [0.4, 0.5) is 0 Å². The van der Waals surface area contributed by atoms with Crippen molar-refractivity contribution in [3.05, 3.63) is 11.1 Å². The zero-order valence-electron chi connectivity index (χ0n) is 28.6. The zero-order chi connectivity index (χ0) is 33.0. The number of hydrogen-bond donors (Lipinski definition) is 3. The summed E-state index contributed by atoms with van der Waals surface area (Å²) in [5.41, 5.74) is -0.436. The molecule has 250 valence electrons. The maximum Gasteiger partial charge on any atom is 0.309 e. The third kappa shape index (κ3) is 6.42. The van der Waals surface area contributed by atoms with Gasteiger partial charge in [-0.05, 0) is 107 Å². The lowest BCUT2D eigenvalue weighted by atomic mass is 9.45. The minimum atomic E-state index is -1.62. The number of carbonyl (C=O) groups is 3. The first-order valence-corrected chi connectivity index (χ1v) is 16.8. The fraction of sp³-hybridized carbons (Fsp3) is 0.861. The second-order valence-corrected chi connectivity index (χ2v) is 16.7. The van der Waals surface area contributed by atoms with Gasteiger partial charge in [-0.2, -0.15) is 0 Å². The zero-order valence-corrected chi connectivity index (χ0v) is 28.6. The lowest BCUT2D eigenvalue weighted by Gasteiger charge is -2.59. The van der Waals surface area contributed by atoms with E-state index in [1.165, 1.54) is 19.6 Å². The van der Waals surface area contributed by atoms with E-state index in [9.17, 15) is 29.7 Å². The van der Waals surface area contributed by atoms with E-state index in [0.29, 0.717) is 30.6 Å². The molecule has 0 bridgehead atoms. The Morgan fingerprint density at radius 3 is 2.23 bits per heavy atom. The van der Waals surface area contributed by atoms with Gasteiger partial charge in [0.25, 0.3) is 0 Å². The number of rotatable bonds is 10. The molecule has 2 saturated carbocycles. The molecule has 8 heteroatoms. The van der Waals surface area contributed by atoms with Crippen molar-refractivity contribution in [1.82, 2.24) is 0 Å². The van der Waals surface area contributed by atoms with Crippen molar-refractivity contribution in [2.45, 2.75) is 149 Å². The first-order chi connectivity index (χ1) is 20.2. The summed E-state index contributed by atoms with van der Waals surface area (Å²) >= 11 is 0. The van der Waals surface area contributed by atoms with Crippen molar-refractivity contribution >= 4 is 17.7 Å². The molecule has 4 rings (SSSR count). The number of allylic oxidation sites excluding steroid dienone is 2. The van der Waals surface area contributed by atoms with Crippen molar-refractivity contribution in [2.24, 2.45) is 39.9 Å². The molecule has 44 heavy (non-hydrogen) atoms. The Labute approximate surface area is 264 Å². The number of ether oxygens (including phenoxy) is 2. The quantitative estimate of drug-likeness (QED) is 0.210. The summed E-state index contributed by atoms with van der Waals surface area (Å²) in [6.07, 6.45) is 5.88. The Morgan fingerprint density at radius 1 is 0.977 bits per heavy atom. The maximum absolute atomic E-state index is 13.8. The van der Waals surface area contributed by atoms with Gasteiger partial charge >= 0.3 is 11.9 Å². The number of esters is 2. The highest BCUT2D eigenvalue weighted by Gasteiger charge is 2.62. The molecule has 3 N–H and O–H groups in total. The van der Waals surface area contributed by atoms with E-state index >= 15 is 0 Å². The molecule has 0 aliphatic heterocycles. The van der Waals surface area contributed by atoms with E-state index < -0.39 is 47.2 Å². The molecular weight excluding hydrogens is 560 g/mol. The fourth-order valence-electron chi connectivity index (χ4n) is 10.2. The number of methoxy groups -OCH3 is 1. The minimum Gasteiger partial charge on any atom is -0.469 e. The SMILES string of the molecule is COC(=O)CC(C)(O)CC(=O)O[C@@H]1C[C@]2(C)C3=C(CC[C@H]2C(C)(C)C1=O)C1CC[C@H]([C@H](C)CCC(O)C(C)(C)O)[C@@]1(C)CC3. The van der Waals surface area contributed by atoms with Gasteiger partial charge in [0.2, 0.25) is 0 Å². The van der Waals surface area contributed by atoms with Crippen LogP contribution in [-0.4, -0.2) is 63.6 Å². The lowest BCUT2D eigenvalue weighted by molar-refractivity contribution is -0.174. The highest BCUT2D eigenvalue weighted by molar-refractivity contribution is 5.92. The fourth-order valence-corrected chi connectivity index (χ4v) is 10.2. The summed E-state index contributed by atoms with van der Waals surface area (Å²) in [5.74, 6) is 0.286. The molecule has 2 fully saturated rings. The van der Waals surface area contributed by atoms with E-state index in [0.717, 1.165) is 44.9 Å². The van der Waals surface area contributed by atoms with Crippen LogP contribution in [0.5, 0.6) is 0 Å². The van der Waals surface area contributed by atoms with Crippen LogP contribution < -0.4 is 0 Å². The number of ketones is 1. The molecule has 0 spiro atoms. The minimum absolute atomic E-state index is 0.0615. The van der Waals surface area contributed by atoms with Gasteiger partial charge in [0.15, 0.2) is 11.9 Å². The van der Waals surface area contributed by atoms with Gasteiger partial charge in [-0.3, -0.25) is 14.4 Å². The molecule has 0 saturated heterocycles. The summed E-state index contributed by atoms with van der Waals surface area (Å²) < 4.78 is 10.5. The van der Waals surface area contributed by atoms with Gasteiger partial charge in [-0.25, -0.2) is 0 Å². The molecule has 0 amide bonds. The highest BCUT2D eigenvalue weighted by Crippen LogP contribution is 2.67. The van der Waals surface area contributed by atoms with E-state index in [1.54, 1.807) is 19.4 Å². The smallest absolute Gasteiger partial charge is 0.309 e. The third-order valence-electron chi connectivity index (χ3n) is 12.6. The van der Waals surface area contributed by atoms with Gasteiger partial charge in [0.05, 0.1) is 37.3 Å². The van der Waals surface area contributed by atoms with Crippen molar-refractivity contribution in [2.75, 3.05) is 7.11 Å². The molecule has 4 aliphatic rings. The van der Waals surface area contributed by atoms with Crippen molar-refractivity contribution < 1.29 is 39.2 Å². The molecular formula is C36H58O8. The largest absolute Gasteiger partial charge is 0.469 e. The Balaban J connectivity index is 1.55. The summed E-state index contributed by atoms with van der Waals surface area (Å²) in [6, 6.07) is 0. The van der Waals surface area contributed by atoms with E-state index in [2.05, 4.69) is 25.5 Å². The normalized spacial score (nSPS) is 36.0. The Hall–Kier alpha value is -1.77. The van der Waals surface area contributed by atoms with E-state index in [1.807, 2.05) is 13.8 Å². The van der Waals surface area contributed by atoms with E-state index in [-0.39, 0.29) is 29.0 Å². The number of Topliss-reactive ketones (excluding diaryl/α,β-unsaturated/α-hetero) is 1. The number of aliphatic hydroxyl groups excluding tert-OH is 1. The van der Waals surface area contributed by atoms with Crippen molar-refractivity contribution in [1.29, 1.82) is 0 Å². The molecule has 0 aromatic carbocycles. The molecule has 0 heterocycles. The summed E-state index contributed by atoms with van der Waals surface area (Å²) in [6.45, 7) is 15.8. The van der Waals surface area contributed by atoms with Gasteiger partial charge in [0.1, 0.15) is 0 Å². The van der Waals surface area contributed by atoms with Crippen LogP contribution in [0.15, 0.2) is 11.1 Å². The number of carbonyl (C=O) groups excluding carboxylic acids is 3. The van der Waals surface area contributed by atoms with Gasteiger partial charge in [0, 0.05) is 11.8 Å². The Bertz CT molecular complexity index is 1160. The lowest BCUT2D eigenvalue weighted by Crippen LogP contribution is -2.58. The number of fused-ring (bicyclic) bond motifs is 4. The molecule has 4 aliphatic carbocycles. The number of aliphatic hydroxyl groups is 3. The van der Waals surface area contributed by atoms with Crippen LogP contribution >= 0.6 is 0 Å². The molecule has 8 nitrogen and oxygen atoms in total. The van der Waals surface area contributed by atoms with Crippen LogP contribution in [0.1, 0.15) is 126 Å². The molecule has 0 aromatic heterocycles. The molecule has 3 unspecified atom stereocenters. The van der Waals surface area contributed by atoms with Gasteiger partial charge < -0.3 is 24.8 Å². The number of hydrogen-bond acceptors (Lipinski definition) is 8. The predicted octanol–water partition coefficient (Wildman–Crippen LogP) is 5.69. The van der Waals surface area contributed by atoms with Crippen molar-refractivity contribution in [3.63, 3.8) is 0 Å². The van der Waals surface area contributed by atoms with Crippen LogP contribution in [0.3, 0.4) is 0 Å². The van der Waals surface area contributed by atoms with Crippen LogP contribution in [0.2, 0.25) is 0 Å². The molecule has 0 aromatic rings. The predicted molar refractivity (Wildman–Crippen MR) is 167 cm³/mol. The van der Waals surface area contributed by atoms with E-state index in [4.69, 9.17) is 4.74 Å². The maximum atomic E-state index is 13.8. The van der Waals surface area contributed by atoms with Crippen LogP contribution in [0, 0.1) is 39.9 Å². The van der Waals surface area contributed by atoms with Crippen molar-refractivity contribution in [3.8, 4) is 0 Å². The molecule has 0 radical (unpaired) electrons. The average Bonchev–Trinajstić information content (AvgIpc) is 3.26. The third-order valence-corrected chi connectivity index (χ3v) is 12.6. The Morgan fingerprint density at radius 2 is 1.61 bits per heavy atom. The average molecular weight is 619 g/mol. The second-order valence-electron chi connectivity index (χ2n) is 16.7. The summed E-state index contributed by atoms with van der Waals surface area (Å²) in [4.78, 5) is 38.5. The standard InChI is InChI=1S/C36H58O8/c1-21(10-15-28(37)33(4,5)41)23-12-13-24-22-11-14-27-32(2,3)31(40)26(18-36(27,8)25(22)16-17-35(23,24)7)44-30(39)20-34(6,42)19-29(38)43-9/h21,23-24,26-28,37,41-42H,10-20H2,1-9H3/t21-,23-,24?,26-,27+,28?,34?,35-,36-/m1/s1. The van der Waals surface area contributed by atoms with Gasteiger partial charge in [-0.1, -0.05) is 45.8 Å². The second kappa shape index (κ2) is 12.1. The Kier molecular flexibility index (Phi) is 9.66. The summed E-state index contributed by atoms with van der Waals surface area (Å²) in [5, 5.41) is 31.3. The first-order valence-electron chi connectivity index (χ1n) is 16.8. The van der Waals surface area contributed by atoms with Crippen LogP contribution in [0.25, 0.3) is 0 Å². The summed E-state index contributed by atoms with van der Waals surface area (Å²) in [7, 11) is 1.23. The highest BCUT2D eigenvalue weighted by atomic mass is 16.5. The van der Waals surface area contributed by atoms with Crippen LogP contribution in [-0.2, 0) is 23.9 Å². The molecule has 9 atom stereocenters. The topological polar surface area (TPSA) is 130 Å². The first kappa shape index (κ1) is 35.1.